The fourth-order valence-corrected chi connectivity index (χ4v) is 1.62. The van der Waals surface area contributed by atoms with Crippen molar-refractivity contribution >= 4 is 0 Å². The summed E-state index contributed by atoms with van der Waals surface area (Å²) in [6.07, 6.45) is 3.61. The highest BCUT2D eigenvalue weighted by Crippen LogP contribution is 2.24. The second-order valence-corrected chi connectivity index (χ2v) is 3.77. The van der Waals surface area contributed by atoms with Gasteiger partial charge >= 0.3 is 0 Å². The van der Waals surface area contributed by atoms with Crippen molar-refractivity contribution in [3.05, 3.63) is 42.1 Å². The van der Waals surface area contributed by atoms with Crippen molar-refractivity contribution in [1.82, 2.24) is 15.0 Å². The van der Waals surface area contributed by atoms with Gasteiger partial charge in [0.05, 0.1) is 25.6 Å². The van der Waals surface area contributed by atoms with Gasteiger partial charge in [0.15, 0.2) is 0 Å². The van der Waals surface area contributed by atoms with E-state index in [0.717, 1.165) is 0 Å². The molecule has 0 bridgehead atoms. The molecular weight excluding hydrogens is 246 g/mol. The fraction of sp³-hybridized carbons (Fsp3) is 0.308. The number of aliphatic hydroxyl groups excluding tert-OH is 1. The highest BCUT2D eigenvalue weighted by Gasteiger charge is 2.14. The Labute approximate surface area is 111 Å². The van der Waals surface area contributed by atoms with Gasteiger partial charge in [0.1, 0.15) is 18.2 Å². The maximum Gasteiger partial charge on any atom is 0.216 e. The van der Waals surface area contributed by atoms with Crippen LogP contribution in [0.1, 0.15) is 24.3 Å². The number of aliphatic hydroxyl groups is 1. The zero-order valence-electron chi connectivity index (χ0n) is 10.8. The second-order valence-electron chi connectivity index (χ2n) is 3.77. The molecule has 1 unspecified atom stereocenters. The number of pyridine rings is 1. The van der Waals surface area contributed by atoms with E-state index in [9.17, 15) is 5.11 Å². The summed E-state index contributed by atoms with van der Waals surface area (Å²) in [4.78, 5) is 12.0. The molecule has 0 fully saturated rings. The Morgan fingerprint density at radius 3 is 2.84 bits per heavy atom. The molecule has 6 heteroatoms. The van der Waals surface area contributed by atoms with Crippen LogP contribution in [0.5, 0.6) is 11.6 Å². The number of aromatic nitrogens is 3. The molecule has 2 rings (SSSR count). The van der Waals surface area contributed by atoms with Crippen LogP contribution in [0.2, 0.25) is 0 Å². The Kier molecular flexibility index (Phi) is 4.25. The van der Waals surface area contributed by atoms with Gasteiger partial charge in [0, 0.05) is 17.8 Å². The van der Waals surface area contributed by atoms with Crippen molar-refractivity contribution in [2.75, 3.05) is 13.7 Å². The SMILES string of the molecule is CCOc1cncc(C(O)c2cc(OC)ncn2)c1. The predicted molar refractivity (Wildman–Crippen MR) is 68.1 cm³/mol. The summed E-state index contributed by atoms with van der Waals surface area (Å²) in [5.74, 6) is 1.01. The summed E-state index contributed by atoms with van der Waals surface area (Å²) in [6.45, 7) is 2.43. The lowest BCUT2D eigenvalue weighted by Gasteiger charge is -2.12. The van der Waals surface area contributed by atoms with Crippen molar-refractivity contribution in [3.63, 3.8) is 0 Å². The van der Waals surface area contributed by atoms with Gasteiger partial charge in [0.25, 0.3) is 0 Å². The Morgan fingerprint density at radius 2 is 2.11 bits per heavy atom. The molecule has 2 aromatic heterocycles. The molecule has 0 aliphatic heterocycles. The van der Waals surface area contributed by atoms with Gasteiger partial charge in [-0.05, 0) is 13.0 Å². The number of hydrogen-bond donors (Lipinski definition) is 1. The first-order valence-corrected chi connectivity index (χ1v) is 5.86. The minimum atomic E-state index is -0.898. The lowest BCUT2D eigenvalue weighted by Crippen LogP contribution is -2.05. The summed E-state index contributed by atoms with van der Waals surface area (Å²) in [5.41, 5.74) is 1.05. The van der Waals surface area contributed by atoms with E-state index >= 15 is 0 Å². The van der Waals surface area contributed by atoms with E-state index in [2.05, 4.69) is 15.0 Å². The third-order valence-corrected chi connectivity index (χ3v) is 2.51. The number of nitrogens with zero attached hydrogens (tertiary/aromatic N) is 3. The number of methoxy groups -OCH3 is 1. The van der Waals surface area contributed by atoms with Gasteiger partial charge in [-0.15, -0.1) is 0 Å². The maximum atomic E-state index is 10.3. The summed E-state index contributed by atoms with van der Waals surface area (Å²) in [6, 6.07) is 3.31. The van der Waals surface area contributed by atoms with Crippen LogP contribution in [0.25, 0.3) is 0 Å². The van der Waals surface area contributed by atoms with Gasteiger partial charge in [-0.2, -0.15) is 0 Å². The van der Waals surface area contributed by atoms with E-state index in [0.29, 0.717) is 29.5 Å². The summed E-state index contributed by atoms with van der Waals surface area (Å²) in [7, 11) is 1.51. The van der Waals surface area contributed by atoms with E-state index in [1.807, 2.05) is 6.92 Å². The minimum absolute atomic E-state index is 0.401. The Balaban J connectivity index is 2.27. The molecule has 0 aliphatic carbocycles. The summed E-state index contributed by atoms with van der Waals surface area (Å²) in [5, 5.41) is 10.3. The number of hydrogen-bond acceptors (Lipinski definition) is 6. The number of ether oxygens (including phenoxy) is 2. The van der Waals surface area contributed by atoms with Gasteiger partial charge in [0.2, 0.25) is 5.88 Å². The van der Waals surface area contributed by atoms with Crippen LogP contribution in [0.15, 0.2) is 30.9 Å². The lowest BCUT2D eigenvalue weighted by molar-refractivity contribution is 0.213. The first-order valence-electron chi connectivity index (χ1n) is 5.86. The zero-order chi connectivity index (χ0) is 13.7. The third-order valence-electron chi connectivity index (χ3n) is 2.51. The standard InChI is InChI=1S/C13H15N3O3/c1-3-19-10-4-9(6-14-7-10)13(17)11-5-12(18-2)16-8-15-11/h4-8,13,17H,3H2,1-2H3. The van der Waals surface area contributed by atoms with Crippen LogP contribution in [0.3, 0.4) is 0 Å². The average molecular weight is 261 g/mol. The molecule has 100 valence electrons. The van der Waals surface area contributed by atoms with E-state index in [4.69, 9.17) is 9.47 Å². The topological polar surface area (TPSA) is 77.4 Å². The predicted octanol–water partition coefficient (Wildman–Crippen LogP) is 1.36. The molecule has 2 heterocycles. The minimum Gasteiger partial charge on any atom is -0.492 e. The van der Waals surface area contributed by atoms with Gasteiger partial charge in [-0.1, -0.05) is 0 Å². The molecule has 0 radical (unpaired) electrons. The molecule has 0 spiro atoms. The quantitative estimate of drug-likeness (QED) is 0.875. The normalized spacial score (nSPS) is 11.9. The van der Waals surface area contributed by atoms with Crippen molar-refractivity contribution in [2.45, 2.75) is 13.0 Å². The first-order chi connectivity index (χ1) is 9.24. The molecule has 0 saturated carbocycles. The van der Waals surface area contributed by atoms with Crippen LogP contribution < -0.4 is 9.47 Å². The largest absolute Gasteiger partial charge is 0.492 e. The summed E-state index contributed by atoms with van der Waals surface area (Å²) >= 11 is 0. The van der Waals surface area contributed by atoms with Gasteiger partial charge in [-0.25, -0.2) is 9.97 Å². The second kappa shape index (κ2) is 6.10. The van der Waals surface area contributed by atoms with Crippen LogP contribution in [0, 0.1) is 0 Å². The highest BCUT2D eigenvalue weighted by atomic mass is 16.5. The van der Waals surface area contributed by atoms with Crippen LogP contribution in [0.4, 0.5) is 0 Å². The smallest absolute Gasteiger partial charge is 0.216 e. The van der Waals surface area contributed by atoms with Crippen molar-refractivity contribution < 1.29 is 14.6 Å². The molecule has 0 aliphatic rings. The van der Waals surface area contributed by atoms with E-state index < -0.39 is 6.10 Å². The molecule has 1 atom stereocenters. The average Bonchev–Trinajstić information content (AvgIpc) is 2.47. The van der Waals surface area contributed by atoms with Crippen LogP contribution >= 0.6 is 0 Å². The molecule has 0 saturated heterocycles. The lowest BCUT2D eigenvalue weighted by atomic mass is 10.1. The zero-order valence-corrected chi connectivity index (χ0v) is 10.8. The molecule has 1 N–H and O–H groups in total. The molecule has 2 aromatic rings. The van der Waals surface area contributed by atoms with E-state index in [-0.39, 0.29) is 0 Å². The van der Waals surface area contributed by atoms with Crippen molar-refractivity contribution in [1.29, 1.82) is 0 Å². The Bertz CT molecular complexity index is 548. The van der Waals surface area contributed by atoms with Crippen molar-refractivity contribution in [3.8, 4) is 11.6 Å². The fourth-order valence-electron chi connectivity index (χ4n) is 1.62. The van der Waals surface area contributed by atoms with Crippen LogP contribution in [-0.4, -0.2) is 33.8 Å². The van der Waals surface area contributed by atoms with Crippen LogP contribution in [-0.2, 0) is 0 Å². The van der Waals surface area contributed by atoms with E-state index in [1.54, 1.807) is 24.5 Å². The maximum absolute atomic E-state index is 10.3. The summed E-state index contributed by atoms with van der Waals surface area (Å²) < 4.78 is 10.3. The van der Waals surface area contributed by atoms with Gasteiger partial charge < -0.3 is 14.6 Å². The molecule has 19 heavy (non-hydrogen) atoms. The van der Waals surface area contributed by atoms with E-state index in [1.165, 1.54) is 13.4 Å². The first kappa shape index (κ1) is 13.2. The third kappa shape index (κ3) is 3.17. The number of rotatable bonds is 5. The molecule has 0 amide bonds. The molecular formula is C13H15N3O3. The van der Waals surface area contributed by atoms with Crippen molar-refractivity contribution in [2.24, 2.45) is 0 Å². The Morgan fingerprint density at radius 1 is 1.26 bits per heavy atom. The monoisotopic (exact) mass is 261 g/mol. The van der Waals surface area contributed by atoms with Gasteiger partial charge in [-0.3, -0.25) is 4.98 Å². The molecule has 6 nitrogen and oxygen atoms in total. The molecule has 0 aromatic carbocycles. The Hall–Kier alpha value is -2.21. The highest BCUT2D eigenvalue weighted by molar-refractivity contribution is 5.30.